The Morgan fingerprint density at radius 3 is 3.10 bits per heavy atom. The third-order valence-electron chi connectivity index (χ3n) is 3.45. The van der Waals surface area contributed by atoms with Crippen molar-refractivity contribution < 1.29 is 4.74 Å². The van der Waals surface area contributed by atoms with Crippen LogP contribution >= 0.6 is 0 Å². The third-order valence-corrected chi connectivity index (χ3v) is 3.45. The van der Waals surface area contributed by atoms with Crippen LogP contribution in [0, 0.1) is 5.41 Å². The van der Waals surface area contributed by atoms with Crippen LogP contribution in [-0.2, 0) is 4.74 Å². The number of fused-ring (bicyclic) bond motifs is 1. The van der Waals surface area contributed by atoms with Crippen molar-refractivity contribution in [3.05, 3.63) is 0 Å². The first kappa shape index (κ1) is 6.66. The summed E-state index contributed by atoms with van der Waals surface area (Å²) in [5, 5.41) is 0. The molecule has 2 unspecified atom stereocenters. The van der Waals surface area contributed by atoms with Crippen LogP contribution in [0.15, 0.2) is 0 Å². The van der Waals surface area contributed by atoms with Gasteiger partial charge in [-0.25, -0.2) is 0 Å². The highest BCUT2D eigenvalue weighted by atomic mass is 16.5. The van der Waals surface area contributed by atoms with Gasteiger partial charge < -0.3 is 4.74 Å². The van der Waals surface area contributed by atoms with E-state index in [1.165, 1.54) is 32.1 Å². The Morgan fingerprint density at radius 2 is 2.40 bits per heavy atom. The molecule has 1 heterocycles. The van der Waals surface area contributed by atoms with Gasteiger partial charge in [0.1, 0.15) is 0 Å². The maximum Gasteiger partial charge on any atom is 0.0632 e. The molecule has 2 aliphatic rings. The summed E-state index contributed by atoms with van der Waals surface area (Å²) in [5.74, 6) is 0. The van der Waals surface area contributed by atoms with Gasteiger partial charge in [-0.2, -0.15) is 0 Å². The molecule has 1 heteroatoms. The summed E-state index contributed by atoms with van der Waals surface area (Å²) >= 11 is 0. The monoisotopic (exact) mass is 140 g/mol. The van der Waals surface area contributed by atoms with Crippen LogP contribution < -0.4 is 0 Å². The van der Waals surface area contributed by atoms with Crippen molar-refractivity contribution in [2.24, 2.45) is 5.41 Å². The van der Waals surface area contributed by atoms with E-state index >= 15 is 0 Å². The van der Waals surface area contributed by atoms with E-state index in [4.69, 9.17) is 4.74 Å². The van der Waals surface area contributed by atoms with E-state index in [9.17, 15) is 0 Å². The van der Waals surface area contributed by atoms with Crippen molar-refractivity contribution in [1.82, 2.24) is 0 Å². The normalized spacial score (nSPS) is 45.9. The fourth-order valence-corrected chi connectivity index (χ4v) is 2.64. The number of ether oxygens (including phenoxy) is 1. The average Bonchev–Trinajstić information content (AvgIpc) is 2.42. The molecule has 0 bridgehead atoms. The second-order valence-electron chi connectivity index (χ2n) is 3.72. The summed E-state index contributed by atoms with van der Waals surface area (Å²) in [6.07, 6.45) is 7.45. The van der Waals surface area contributed by atoms with Crippen molar-refractivity contribution >= 4 is 0 Å². The molecule has 0 spiro atoms. The molecule has 1 saturated carbocycles. The Morgan fingerprint density at radius 1 is 1.50 bits per heavy atom. The smallest absolute Gasteiger partial charge is 0.0632 e. The molecule has 58 valence electrons. The maximum atomic E-state index is 5.67. The Balaban J connectivity index is 2.15. The summed E-state index contributed by atoms with van der Waals surface area (Å²) in [7, 11) is 0. The summed E-state index contributed by atoms with van der Waals surface area (Å²) in [5.41, 5.74) is 0.625. The fourth-order valence-electron chi connectivity index (χ4n) is 2.64. The molecule has 0 radical (unpaired) electrons. The largest absolute Gasteiger partial charge is 0.378 e. The molecule has 2 fully saturated rings. The summed E-state index contributed by atoms with van der Waals surface area (Å²) in [6.45, 7) is 3.34. The van der Waals surface area contributed by atoms with Crippen LogP contribution in [-0.4, -0.2) is 12.7 Å². The van der Waals surface area contributed by atoms with Crippen LogP contribution in [0.1, 0.15) is 39.0 Å². The van der Waals surface area contributed by atoms with E-state index in [1.807, 2.05) is 0 Å². The Labute approximate surface area is 62.8 Å². The quantitative estimate of drug-likeness (QED) is 0.543. The van der Waals surface area contributed by atoms with Gasteiger partial charge in [-0.3, -0.25) is 0 Å². The van der Waals surface area contributed by atoms with Crippen LogP contribution in [0.5, 0.6) is 0 Å². The molecule has 10 heavy (non-hydrogen) atoms. The predicted molar refractivity (Wildman–Crippen MR) is 40.9 cm³/mol. The Kier molecular flexibility index (Phi) is 1.48. The van der Waals surface area contributed by atoms with Gasteiger partial charge in [0.2, 0.25) is 0 Å². The van der Waals surface area contributed by atoms with Gasteiger partial charge in [0.05, 0.1) is 6.10 Å². The first-order chi connectivity index (χ1) is 4.87. The highest BCUT2D eigenvalue weighted by Crippen LogP contribution is 2.49. The zero-order valence-corrected chi connectivity index (χ0v) is 6.73. The molecule has 0 aromatic heterocycles. The van der Waals surface area contributed by atoms with Gasteiger partial charge in [0, 0.05) is 6.61 Å². The average molecular weight is 140 g/mol. The van der Waals surface area contributed by atoms with Crippen LogP contribution in [0.3, 0.4) is 0 Å². The number of hydrogen-bond donors (Lipinski definition) is 0. The minimum Gasteiger partial charge on any atom is -0.378 e. The van der Waals surface area contributed by atoms with Crippen molar-refractivity contribution in [3.63, 3.8) is 0 Å². The lowest BCUT2D eigenvalue weighted by molar-refractivity contribution is 0.0686. The van der Waals surface area contributed by atoms with Crippen LogP contribution in [0.4, 0.5) is 0 Å². The maximum absolute atomic E-state index is 5.67. The molecular formula is C9H16O. The van der Waals surface area contributed by atoms with Crippen LogP contribution in [0.2, 0.25) is 0 Å². The van der Waals surface area contributed by atoms with Crippen LogP contribution in [0.25, 0.3) is 0 Å². The highest BCUT2D eigenvalue weighted by Gasteiger charge is 2.45. The highest BCUT2D eigenvalue weighted by molar-refractivity contribution is 4.95. The minimum absolute atomic E-state index is 0.625. The molecule has 1 aliphatic heterocycles. The zero-order chi connectivity index (χ0) is 7.03. The first-order valence-electron chi connectivity index (χ1n) is 4.49. The van der Waals surface area contributed by atoms with Gasteiger partial charge in [0.25, 0.3) is 0 Å². The molecule has 2 atom stereocenters. The second-order valence-corrected chi connectivity index (χ2v) is 3.72. The van der Waals surface area contributed by atoms with E-state index in [2.05, 4.69) is 6.92 Å². The molecule has 0 aromatic carbocycles. The first-order valence-corrected chi connectivity index (χ1v) is 4.49. The molecule has 0 N–H and O–H groups in total. The Hall–Kier alpha value is -0.0400. The Bertz CT molecular complexity index is 121. The third kappa shape index (κ3) is 0.731. The lowest BCUT2D eigenvalue weighted by Crippen LogP contribution is -2.23. The topological polar surface area (TPSA) is 9.23 Å². The number of rotatable bonds is 1. The van der Waals surface area contributed by atoms with E-state index in [0.717, 1.165) is 6.61 Å². The second kappa shape index (κ2) is 2.23. The van der Waals surface area contributed by atoms with Gasteiger partial charge in [0.15, 0.2) is 0 Å². The van der Waals surface area contributed by atoms with Gasteiger partial charge in [-0.05, 0) is 31.1 Å². The van der Waals surface area contributed by atoms with Gasteiger partial charge >= 0.3 is 0 Å². The zero-order valence-electron chi connectivity index (χ0n) is 6.73. The molecule has 1 saturated heterocycles. The minimum atomic E-state index is 0.625. The molecule has 2 rings (SSSR count). The SMILES string of the molecule is CCC12CCCC1OCC2. The standard InChI is InChI=1S/C9H16O/c1-2-9-5-3-4-8(9)10-7-6-9/h8H,2-7H2,1H3. The van der Waals surface area contributed by atoms with E-state index < -0.39 is 0 Å². The lowest BCUT2D eigenvalue weighted by atomic mass is 9.80. The van der Waals surface area contributed by atoms with Gasteiger partial charge in [-0.1, -0.05) is 13.3 Å². The molecule has 0 amide bonds. The molecule has 1 aliphatic carbocycles. The van der Waals surface area contributed by atoms with E-state index in [0.29, 0.717) is 11.5 Å². The fraction of sp³-hybridized carbons (Fsp3) is 1.00. The predicted octanol–water partition coefficient (Wildman–Crippen LogP) is 2.36. The molecule has 1 nitrogen and oxygen atoms in total. The van der Waals surface area contributed by atoms with Crippen molar-refractivity contribution in [3.8, 4) is 0 Å². The summed E-state index contributed by atoms with van der Waals surface area (Å²) in [4.78, 5) is 0. The summed E-state index contributed by atoms with van der Waals surface area (Å²) < 4.78 is 5.67. The van der Waals surface area contributed by atoms with Crippen molar-refractivity contribution in [2.45, 2.75) is 45.1 Å². The van der Waals surface area contributed by atoms with E-state index in [-0.39, 0.29) is 0 Å². The summed E-state index contributed by atoms with van der Waals surface area (Å²) in [6, 6.07) is 0. The van der Waals surface area contributed by atoms with Gasteiger partial charge in [-0.15, -0.1) is 0 Å². The number of hydrogen-bond acceptors (Lipinski definition) is 1. The molecular weight excluding hydrogens is 124 g/mol. The van der Waals surface area contributed by atoms with E-state index in [1.54, 1.807) is 0 Å². The molecule has 0 aromatic rings. The van der Waals surface area contributed by atoms with Crippen molar-refractivity contribution in [2.75, 3.05) is 6.61 Å². The lowest BCUT2D eigenvalue weighted by Gasteiger charge is -2.25. The van der Waals surface area contributed by atoms with Crippen molar-refractivity contribution in [1.29, 1.82) is 0 Å².